The van der Waals surface area contributed by atoms with Gasteiger partial charge in [-0.2, -0.15) is 0 Å². The Kier molecular flexibility index (Phi) is 4.80. The van der Waals surface area contributed by atoms with E-state index >= 15 is 0 Å². The average molecular weight is 240 g/mol. The molecule has 1 saturated heterocycles. The number of nitrogens with one attached hydrogen (secondary N) is 1. The first-order chi connectivity index (χ1) is 8.29. The molecule has 1 aliphatic carbocycles. The maximum absolute atomic E-state index is 11.8. The van der Waals surface area contributed by atoms with Crippen LogP contribution in [0, 0.1) is 0 Å². The third kappa shape index (κ3) is 4.28. The molecular weight excluding hydrogens is 216 g/mol. The summed E-state index contributed by atoms with van der Waals surface area (Å²) in [5.41, 5.74) is 0. The van der Waals surface area contributed by atoms with Crippen molar-refractivity contribution in [3.63, 3.8) is 0 Å². The lowest BCUT2D eigenvalue weighted by Crippen LogP contribution is -2.41. The van der Waals surface area contributed by atoms with Gasteiger partial charge in [0.15, 0.2) is 0 Å². The van der Waals surface area contributed by atoms with Crippen LogP contribution in [-0.4, -0.2) is 49.2 Å². The number of hydrogen-bond acceptors (Lipinski definition) is 4. The molecule has 1 unspecified atom stereocenters. The van der Waals surface area contributed by atoms with Crippen LogP contribution in [0.4, 0.5) is 0 Å². The van der Waals surface area contributed by atoms with Crippen molar-refractivity contribution >= 4 is 5.97 Å². The van der Waals surface area contributed by atoms with E-state index in [0.717, 1.165) is 13.0 Å². The first-order valence-corrected chi connectivity index (χ1v) is 6.94. The third-order valence-corrected chi connectivity index (χ3v) is 3.52. The molecule has 0 aromatic rings. The van der Waals surface area contributed by atoms with Crippen LogP contribution in [0.1, 0.15) is 39.0 Å². The first-order valence-electron chi connectivity index (χ1n) is 6.94. The summed E-state index contributed by atoms with van der Waals surface area (Å²) in [6.07, 6.45) is 5.91. The number of carbonyl (C=O) groups excluding carboxylic acids is 1. The topological polar surface area (TPSA) is 41.6 Å². The van der Waals surface area contributed by atoms with E-state index in [4.69, 9.17) is 4.74 Å². The van der Waals surface area contributed by atoms with Crippen LogP contribution in [0.15, 0.2) is 0 Å². The van der Waals surface area contributed by atoms with Crippen LogP contribution in [0.25, 0.3) is 0 Å². The molecule has 0 aromatic heterocycles. The van der Waals surface area contributed by atoms with Crippen LogP contribution in [0.3, 0.4) is 0 Å². The minimum Gasteiger partial charge on any atom is -0.465 e. The van der Waals surface area contributed by atoms with E-state index in [1.165, 1.54) is 38.8 Å². The van der Waals surface area contributed by atoms with Crippen LogP contribution in [-0.2, 0) is 9.53 Å². The quantitative estimate of drug-likeness (QED) is 0.678. The van der Waals surface area contributed by atoms with Crippen LogP contribution in [0.5, 0.6) is 0 Å². The van der Waals surface area contributed by atoms with E-state index in [1.54, 1.807) is 0 Å². The van der Waals surface area contributed by atoms with Gasteiger partial charge in [0.2, 0.25) is 0 Å². The standard InChI is InChI=1S/C13H24N2O2/c1-2-17-13(16)12(14-11-5-6-11)7-10-15-8-3-4-9-15/h11-12,14H,2-10H2,1H3. The van der Waals surface area contributed by atoms with Gasteiger partial charge in [0, 0.05) is 12.6 Å². The second-order valence-corrected chi connectivity index (χ2v) is 5.08. The Balaban J connectivity index is 1.74. The molecular formula is C13H24N2O2. The second kappa shape index (κ2) is 6.36. The van der Waals surface area contributed by atoms with Gasteiger partial charge < -0.3 is 15.0 Å². The minimum atomic E-state index is -0.0944. The Morgan fingerprint density at radius 1 is 1.41 bits per heavy atom. The highest BCUT2D eigenvalue weighted by Gasteiger charge is 2.29. The Labute approximate surface area is 104 Å². The summed E-state index contributed by atoms with van der Waals surface area (Å²) in [7, 11) is 0. The van der Waals surface area contributed by atoms with E-state index in [2.05, 4.69) is 10.2 Å². The molecule has 2 rings (SSSR count). The van der Waals surface area contributed by atoms with Crippen molar-refractivity contribution in [2.24, 2.45) is 0 Å². The largest absolute Gasteiger partial charge is 0.465 e. The smallest absolute Gasteiger partial charge is 0.323 e. The molecule has 1 N–H and O–H groups in total. The molecule has 1 atom stereocenters. The molecule has 0 bridgehead atoms. The molecule has 4 nitrogen and oxygen atoms in total. The molecule has 4 heteroatoms. The van der Waals surface area contributed by atoms with Gasteiger partial charge in [-0.25, -0.2) is 0 Å². The summed E-state index contributed by atoms with van der Waals surface area (Å²) in [5, 5.41) is 3.40. The molecule has 1 saturated carbocycles. The molecule has 0 aromatic carbocycles. The summed E-state index contributed by atoms with van der Waals surface area (Å²) < 4.78 is 5.13. The monoisotopic (exact) mass is 240 g/mol. The van der Waals surface area contributed by atoms with Crippen molar-refractivity contribution in [2.75, 3.05) is 26.2 Å². The summed E-state index contributed by atoms with van der Waals surface area (Å²) >= 11 is 0. The number of likely N-dealkylation sites (tertiary alicyclic amines) is 1. The Hall–Kier alpha value is -0.610. The molecule has 2 fully saturated rings. The van der Waals surface area contributed by atoms with Crippen LogP contribution in [0.2, 0.25) is 0 Å². The molecule has 17 heavy (non-hydrogen) atoms. The lowest BCUT2D eigenvalue weighted by molar-refractivity contribution is -0.146. The van der Waals surface area contributed by atoms with E-state index in [0.29, 0.717) is 12.6 Å². The minimum absolute atomic E-state index is 0.0707. The van der Waals surface area contributed by atoms with Crippen molar-refractivity contribution in [1.29, 1.82) is 0 Å². The predicted molar refractivity (Wildman–Crippen MR) is 66.9 cm³/mol. The summed E-state index contributed by atoms with van der Waals surface area (Å²) in [6, 6.07) is 0.464. The van der Waals surface area contributed by atoms with Gasteiger partial charge in [0.05, 0.1) is 6.61 Å². The van der Waals surface area contributed by atoms with Crippen LogP contribution < -0.4 is 5.32 Å². The van der Waals surface area contributed by atoms with E-state index in [1.807, 2.05) is 6.92 Å². The van der Waals surface area contributed by atoms with Crippen LogP contribution >= 0.6 is 0 Å². The highest BCUT2D eigenvalue weighted by molar-refractivity contribution is 5.75. The number of rotatable bonds is 7. The van der Waals surface area contributed by atoms with Gasteiger partial charge in [0.25, 0.3) is 0 Å². The Bertz CT molecular complexity index is 248. The highest BCUT2D eigenvalue weighted by atomic mass is 16.5. The SMILES string of the molecule is CCOC(=O)C(CCN1CCCC1)NC1CC1. The van der Waals surface area contributed by atoms with E-state index < -0.39 is 0 Å². The average Bonchev–Trinajstić information content (AvgIpc) is 2.98. The fourth-order valence-corrected chi connectivity index (χ4v) is 2.36. The van der Waals surface area contributed by atoms with Crippen molar-refractivity contribution in [1.82, 2.24) is 10.2 Å². The summed E-state index contributed by atoms with van der Waals surface area (Å²) in [4.78, 5) is 14.3. The first kappa shape index (κ1) is 12.8. The molecule has 1 heterocycles. The van der Waals surface area contributed by atoms with Gasteiger partial charge in [-0.05, 0) is 52.1 Å². The maximum atomic E-state index is 11.8. The zero-order chi connectivity index (χ0) is 12.1. The van der Waals surface area contributed by atoms with Crippen molar-refractivity contribution < 1.29 is 9.53 Å². The van der Waals surface area contributed by atoms with Crippen molar-refractivity contribution in [2.45, 2.75) is 51.1 Å². The Morgan fingerprint density at radius 3 is 2.71 bits per heavy atom. The van der Waals surface area contributed by atoms with Crippen molar-refractivity contribution in [3.05, 3.63) is 0 Å². The van der Waals surface area contributed by atoms with Crippen molar-refractivity contribution in [3.8, 4) is 0 Å². The lowest BCUT2D eigenvalue weighted by Gasteiger charge is -2.20. The number of nitrogens with zero attached hydrogens (tertiary/aromatic N) is 1. The maximum Gasteiger partial charge on any atom is 0.323 e. The number of esters is 1. The predicted octanol–water partition coefficient (Wildman–Crippen LogP) is 1.16. The highest BCUT2D eigenvalue weighted by Crippen LogP contribution is 2.20. The lowest BCUT2D eigenvalue weighted by atomic mass is 10.2. The normalized spacial score (nSPS) is 22.6. The summed E-state index contributed by atoms with van der Waals surface area (Å²) in [6.45, 7) is 5.75. The molecule has 0 radical (unpaired) electrons. The zero-order valence-electron chi connectivity index (χ0n) is 10.8. The number of carbonyl (C=O) groups is 1. The third-order valence-electron chi connectivity index (χ3n) is 3.52. The fraction of sp³-hybridized carbons (Fsp3) is 0.923. The number of hydrogen-bond donors (Lipinski definition) is 1. The van der Waals surface area contributed by atoms with Gasteiger partial charge in [-0.15, -0.1) is 0 Å². The van der Waals surface area contributed by atoms with Gasteiger partial charge >= 0.3 is 5.97 Å². The second-order valence-electron chi connectivity index (χ2n) is 5.08. The molecule has 1 aliphatic heterocycles. The molecule has 2 aliphatic rings. The van der Waals surface area contributed by atoms with E-state index in [-0.39, 0.29) is 12.0 Å². The zero-order valence-corrected chi connectivity index (χ0v) is 10.8. The molecule has 98 valence electrons. The fourth-order valence-electron chi connectivity index (χ4n) is 2.36. The molecule has 0 spiro atoms. The van der Waals surface area contributed by atoms with E-state index in [9.17, 15) is 4.79 Å². The molecule has 0 amide bonds. The van der Waals surface area contributed by atoms with Gasteiger partial charge in [0.1, 0.15) is 6.04 Å². The number of ether oxygens (including phenoxy) is 1. The van der Waals surface area contributed by atoms with Gasteiger partial charge in [-0.1, -0.05) is 0 Å². The Morgan fingerprint density at radius 2 is 2.12 bits per heavy atom. The summed E-state index contributed by atoms with van der Waals surface area (Å²) in [5.74, 6) is -0.0707. The van der Waals surface area contributed by atoms with Gasteiger partial charge in [-0.3, -0.25) is 4.79 Å².